The maximum Gasteiger partial charge on any atom is 0.265 e. The van der Waals surface area contributed by atoms with Gasteiger partial charge in [-0.25, -0.2) is 13.4 Å². The van der Waals surface area contributed by atoms with Crippen LogP contribution in [0.4, 0.5) is 10.8 Å². The van der Waals surface area contributed by atoms with Gasteiger partial charge in [0.25, 0.3) is 10.0 Å². The first-order valence-corrected chi connectivity index (χ1v) is 8.01. The molecule has 1 aromatic carbocycles. The van der Waals surface area contributed by atoms with Crippen molar-refractivity contribution in [2.24, 2.45) is 0 Å². The van der Waals surface area contributed by atoms with Gasteiger partial charge < -0.3 is 5.73 Å². The molecule has 0 aliphatic carbocycles. The number of thiazole rings is 1. The second-order valence-corrected chi connectivity index (χ2v) is 6.75. The van der Waals surface area contributed by atoms with Crippen molar-refractivity contribution in [1.82, 2.24) is 4.98 Å². The van der Waals surface area contributed by atoms with Crippen molar-refractivity contribution in [2.45, 2.75) is 18.7 Å². The van der Waals surface area contributed by atoms with E-state index in [0.29, 0.717) is 0 Å². The largest absolute Gasteiger partial charge is 0.398 e. The van der Waals surface area contributed by atoms with Crippen molar-refractivity contribution in [3.63, 3.8) is 0 Å². The number of anilines is 2. The number of sulfonamides is 1. The lowest BCUT2D eigenvalue weighted by molar-refractivity contribution is 0.101. The molecule has 0 atom stereocenters. The summed E-state index contributed by atoms with van der Waals surface area (Å²) in [5.41, 5.74) is 6.99. The van der Waals surface area contributed by atoms with Crippen LogP contribution in [0, 0.1) is 6.92 Å². The predicted molar refractivity (Wildman–Crippen MR) is 78.5 cm³/mol. The van der Waals surface area contributed by atoms with E-state index in [1.54, 1.807) is 12.1 Å². The lowest BCUT2D eigenvalue weighted by Crippen LogP contribution is -2.15. The van der Waals surface area contributed by atoms with Crippen LogP contribution < -0.4 is 10.5 Å². The fourth-order valence-electron chi connectivity index (χ4n) is 1.56. The lowest BCUT2D eigenvalue weighted by atomic mass is 10.2. The van der Waals surface area contributed by atoms with E-state index in [1.807, 2.05) is 6.92 Å². The molecule has 8 heteroatoms. The zero-order chi connectivity index (χ0) is 14.9. The quantitative estimate of drug-likeness (QED) is 0.664. The molecular formula is C12H13N3O3S2. The molecule has 6 nitrogen and oxygen atoms in total. The number of benzene rings is 1. The first-order chi connectivity index (χ1) is 9.29. The normalized spacial score (nSPS) is 11.3. The summed E-state index contributed by atoms with van der Waals surface area (Å²) >= 11 is 1.05. The van der Waals surface area contributed by atoms with Crippen molar-refractivity contribution < 1.29 is 13.2 Å². The summed E-state index contributed by atoms with van der Waals surface area (Å²) in [5.74, 6) is -0.221. The maximum atomic E-state index is 12.2. The van der Waals surface area contributed by atoms with Crippen LogP contribution in [0.25, 0.3) is 0 Å². The van der Waals surface area contributed by atoms with E-state index in [-0.39, 0.29) is 27.2 Å². The number of carbonyl (C=O) groups is 1. The molecule has 0 amide bonds. The van der Waals surface area contributed by atoms with E-state index in [2.05, 4.69) is 9.71 Å². The topological polar surface area (TPSA) is 102 Å². The smallest absolute Gasteiger partial charge is 0.265 e. The summed E-state index contributed by atoms with van der Waals surface area (Å²) < 4.78 is 26.7. The third kappa shape index (κ3) is 2.97. The molecule has 0 aliphatic heterocycles. The van der Waals surface area contributed by atoms with E-state index in [9.17, 15) is 13.2 Å². The van der Waals surface area contributed by atoms with Crippen LogP contribution in [-0.2, 0) is 10.0 Å². The van der Waals surface area contributed by atoms with Crippen LogP contribution in [0.15, 0.2) is 28.5 Å². The monoisotopic (exact) mass is 311 g/mol. The molecule has 0 saturated heterocycles. The van der Waals surface area contributed by atoms with Crippen molar-refractivity contribution in [1.29, 1.82) is 0 Å². The van der Waals surface area contributed by atoms with Crippen molar-refractivity contribution in [2.75, 3.05) is 10.5 Å². The average Bonchev–Trinajstić information content (AvgIpc) is 2.76. The first kappa shape index (κ1) is 14.5. The Bertz CT molecular complexity index is 766. The van der Waals surface area contributed by atoms with E-state index in [4.69, 9.17) is 5.73 Å². The number of nitrogen functional groups attached to an aromatic ring is 1. The third-order valence-corrected chi connectivity index (χ3v) is 4.84. The highest BCUT2D eigenvalue weighted by Gasteiger charge is 2.19. The van der Waals surface area contributed by atoms with Crippen molar-refractivity contribution in [3.05, 3.63) is 34.8 Å². The molecule has 0 radical (unpaired) electrons. The van der Waals surface area contributed by atoms with Gasteiger partial charge in [0.05, 0.1) is 5.69 Å². The molecule has 1 aromatic heterocycles. The highest BCUT2D eigenvalue weighted by molar-refractivity contribution is 7.93. The Kier molecular flexibility index (Phi) is 3.78. The number of nitrogens with zero attached hydrogens (tertiary/aromatic N) is 1. The van der Waals surface area contributed by atoms with Crippen LogP contribution >= 0.6 is 11.3 Å². The molecule has 0 aliphatic rings. The standard InChI is InChI=1S/C12H13N3O3S2/c1-7-3-4-11(9(13)5-7)20(17,18)15-12-14-10(6-19-12)8(2)16/h3-6H,13H2,1-2H3,(H,14,15). The fourth-order valence-corrected chi connectivity index (χ4v) is 3.68. The summed E-state index contributed by atoms with van der Waals surface area (Å²) in [7, 11) is -3.81. The number of hydrogen-bond acceptors (Lipinski definition) is 6. The van der Waals surface area contributed by atoms with Gasteiger partial charge in [-0.2, -0.15) is 0 Å². The number of nitrogens with one attached hydrogen (secondary N) is 1. The highest BCUT2D eigenvalue weighted by atomic mass is 32.2. The highest BCUT2D eigenvalue weighted by Crippen LogP contribution is 2.24. The average molecular weight is 311 g/mol. The minimum absolute atomic E-state index is 0.0114. The Labute approximate surface area is 120 Å². The Balaban J connectivity index is 2.33. The second kappa shape index (κ2) is 5.22. The first-order valence-electron chi connectivity index (χ1n) is 5.65. The molecule has 2 rings (SSSR count). The SMILES string of the molecule is CC(=O)c1csc(NS(=O)(=O)c2ccc(C)cc2N)n1. The zero-order valence-corrected chi connectivity index (χ0v) is 12.5. The molecule has 0 bridgehead atoms. The van der Waals surface area contributed by atoms with E-state index >= 15 is 0 Å². The zero-order valence-electron chi connectivity index (χ0n) is 10.9. The number of Topliss-reactive ketones (excluding diaryl/α,β-unsaturated/α-hetero) is 1. The predicted octanol–water partition coefficient (Wildman–Crippen LogP) is 2.04. The number of rotatable bonds is 4. The lowest BCUT2D eigenvalue weighted by Gasteiger charge is -2.08. The van der Waals surface area contributed by atoms with Crippen LogP contribution in [-0.4, -0.2) is 19.2 Å². The van der Waals surface area contributed by atoms with Gasteiger partial charge in [0.1, 0.15) is 10.6 Å². The summed E-state index contributed by atoms with van der Waals surface area (Å²) in [4.78, 5) is 15.0. The number of nitrogens with two attached hydrogens (primary N) is 1. The van der Waals surface area contributed by atoms with Crippen LogP contribution in [0.3, 0.4) is 0 Å². The number of aromatic nitrogens is 1. The molecule has 0 unspecified atom stereocenters. The van der Waals surface area contributed by atoms with Crippen molar-refractivity contribution in [3.8, 4) is 0 Å². The minimum Gasteiger partial charge on any atom is -0.398 e. The van der Waals surface area contributed by atoms with Gasteiger partial charge in [0.2, 0.25) is 0 Å². The molecule has 2 aromatic rings. The molecule has 0 spiro atoms. The van der Waals surface area contributed by atoms with E-state index in [1.165, 1.54) is 18.4 Å². The molecule has 1 heterocycles. The summed E-state index contributed by atoms with van der Waals surface area (Å²) in [6.45, 7) is 3.19. The van der Waals surface area contributed by atoms with Gasteiger partial charge in [0, 0.05) is 12.3 Å². The van der Waals surface area contributed by atoms with Gasteiger partial charge >= 0.3 is 0 Å². The molecule has 3 N–H and O–H groups in total. The Morgan fingerprint density at radius 1 is 1.40 bits per heavy atom. The van der Waals surface area contributed by atoms with Gasteiger partial charge in [-0.1, -0.05) is 6.07 Å². The molecule has 20 heavy (non-hydrogen) atoms. The van der Waals surface area contributed by atoms with E-state index in [0.717, 1.165) is 16.9 Å². The van der Waals surface area contributed by atoms with Gasteiger partial charge in [0.15, 0.2) is 10.9 Å². The fraction of sp³-hybridized carbons (Fsp3) is 0.167. The number of carbonyl (C=O) groups excluding carboxylic acids is 1. The number of aryl methyl sites for hydroxylation is 1. The van der Waals surface area contributed by atoms with Crippen LogP contribution in [0.1, 0.15) is 23.0 Å². The number of hydrogen-bond donors (Lipinski definition) is 2. The third-order valence-electron chi connectivity index (χ3n) is 2.54. The van der Waals surface area contributed by atoms with E-state index < -0.39 is 10.0 Å². The Morgan fingerprint density at radius 2 is 2.10 bits per heavy atom. The van der Waals surface area contributed by atoms with Crippen molar-refractivity contribution >= 4 is 38.0 Å². The molecule has 0 fully saturated rings. The number of ketones is 1. The summed E-state index contributed by atoms with van der Waals surface area (Å²) in [6, 6.07) is 4.68. The van der Waals surface area contributed by atoms with Crippen LogP contribution in [0.5, 0.6) is 0 Å². The van der Waals surface area contributed by atoms with Gasteiger partial charge in [-0.05, 0) is 24.6 Å². The summed E-state index contributed by atoms with van der Waals surface area (Å²) in [5, 5.41) is 1.63. The minimum atomic E-state index is -3.81. The van der Waals surface area contributed by atoms with Crippen LogP contribution in [0.2, 0.25) is 0 Å². The second-order valence-electron chi connectivity index (χ2n) is 4.24. The Morgan fingerprint density at radius 3 is 2.65 bits per heavy atom. The Hall–Kier alpha value is -1.93. The molecular weight excluding hydrogens is 298 g/mol. The van der Waals surface area contributed by atoms with Gasteiger partial charge in [-0.3, -0.25) is 9.52 Å². The van der Waals surface area contributed by atoms with Gasteiger partial charge in [-0.15, -0.1) is 11.3 Å². The summed E-state index contributed by atoms with van der Waals surface area (Å²) in [6.07, 6.45) is 0. The molecule has 106 valence electrons. The molecule has 0 saturated carbocycles. The maximum absolute atomic E-state index is 12.2.